The van der Waals surface area contributed by atoms with E-state index in [9.17, 15) is 14.0 Å². The van der Waals surface area contributed by atoms with Crippen LogP contribution in [0.2, 0.25) is 0 Å². The number of para-hydroxylation sites is 2. The Labute approximate surface area is 128 Å². The lowest BCUT2D eigenvalue weighted by atomic mass is 10.2. The number of halogens is 1. The number of hydrogen-bond acceptors (Lipinski definition) is 2. The fourth-order valence-corrected chi connectivity index (χ4v) is 2.06. The number of amides is 2. The first-order valence-corrected chi connectivity index (χ1v) is 6.95. The molecule has 0 saturated heterocycles. The first kappa shape index (κ1) is 15.7. The van der Waals surface area contributed by atoms with Crippen molar-refractivity contribution in [2.75, 3.05) is 16.8 Å². The summed E-state index contributed by atoms with van der Waals surface area (Å²) in [6.07, 6.45) is 0.0861. The van der Waals surface area contributed by atoms with E-state index in [1.165, 1.54) is 24.0 Å². The van der Waals surface area contributed by atoms with Gasteiger partial charge in [0.2, 0.25) is 11.8 Å². The molecule has 2 aromatic rings. The second kappa shape index (κ2) is 7.36. The van der Waals surface area contributed by atoms with E-state index in [1.54, 1.807) is 24.3 Å². The molecule has 4 nitrogen and oxygen atoms in total. The zero-order valence-electron chi connectivity index (χ0n) is 12.3. The predicted molar refractivity (Wildman–Crippen MR) is 84.1 cm³/mol. The van der Waals surface area contributed by atoms with Gasteiger partial charge in [-0.05, 0) is 24.3 Å². The zero-order chi connectivity index (χ0) is 15.9. The summed E-state index contributed by atoms with van der Waals surface area (Å²) in [6.45, 7) is 1.68. The van der Waals surface area contributed by atoms with Crippen molar-refractivity contribution in [3.63, 3.8) is 0 Å². The van der Waals surface area contributed by atoms with E-state index >= 15 is 0 Å². The zero-order valence-corrected chi connectivity index (χ0v) is 12.3. The summed E-state index contributed by atoms with van der Waals surface area (Å²) in [5.41, 5.74) is 0.871. The van der Waals surface area contributed by atoms with E-state index in [2.05, 4.69) is 5.32 Å². The van der Waals surface area contributed by atoms with Crippen LogP contribution in [-0.4, -0.2) is 18.4 Å². The molecule has 2 amide bonds. The van der Waals surface area contributed by atoms with Crippen LogP contribution in [0.25, 0.3) is 0 Å². The minimum absolute atomic E-state index is 0.0861. The van der Waals surface area contributed by atoms with E-state index in [0.717, 1.165) is 5.69 Å². The molecule has 0 aromatic heterocycles. The van der Waals surface area contributed by atoms with E-state index in [-0.39, 0.29) is 30.5 Å². The van der Waals surface area contributed by atoms with Crippen molar-refractivity contribution in [2.24, 2.45) is 0 Å². The largest absolute Gasteiger partial charge is 0.324 e. The van der Waals surface area contributed by atoms with Crippen molar-refractivity contribution in [3.8, 4) is 0 Å². The fourth-order valence-electron chi connectivity index (χ4n) is 2.06. The molecule has 22 heavy (non-hydrogen) atoms. The normalized spacial score (nSPS) is 10.1. The van der Waals surface area contributed by atoms with Gasteiger partial charge in [0.25, 0.3) is 0 Å². The number of anilines is 2. The van der Waals surface area contributed by atoms with Gasteiger partial charge in [-0.25, -0.2) is 4.39 Å². The average Bonchev–Trinajstić information content (AvgIpc) is 2.50. The van der Waals surface area contributed by atoms with Crippen LogP contribution in [0.1, 0.15) is 13.3 Å². The van der Waals surface area contributed by atoms with Crippen molar-refractivity contribution >= 4 is 23.2 Å². The molecule has 0 unspecified atom stereocenters. The summed E-state index contributed by atoms with van der Waals surface area (Å²) < 4.78 is 13.5. The highest BCUT2D eigenvalue weighted by molar-refractivity contribution is 5.94. The molecule has 0 spiro atoms. The van der Waals surface area contributed by atoms with Gasteiger partial charge in [-0.2, -0.15) is 0 Å². The summed E-state index contributed by atoms with van der Waals surface area (Å²) in [5, 5.41) is 2.50. The number of carbonyl (C=O) groups is 2. The molecule has 2 aromatic carbocycles. The van der Waals surface area contributed by atoms with Crippen LogP contribution < -0.4 is 10.2 Å². The van der Waals surface area contributed by atoms with Gasteiger partial charge >= 0.3 is 0 Å². The lowest BCUT2D eigenvalue weighted by Crippen LogP contribution is -2.31. The first-order chi connectivity index (χ1) is 10.6. The van der Waals surface area contributed by atoms with E-state index < -0.39 is 5.82 Å². The number of carbonyl (C=O) groups excluding carboxylic acids is 2. The van der Waals surface area contributed by atoms with Crippen molar-refractivity contribution in [1.29, 1.82) is 0 Å². The molecule has 0 bridgehead atoms. The number of nitrogens with zero attached hydrogens (tertiary/aromatic N) is 1. The van der Waals surface area contributed by atoms with Gasteiger partial charge in [-0.3, -0.25) is 9.59 Å². The van der Waals surface area contributed by atoms with E-state index in [4.69, 9.17) is 0 Å². The first-order valence-electron chi connectivity index (χ1n) is 6.95. The lowest BCUT2D eigenvalue weighted by molar-refractivity contribution is -0.117. The van der Waals surface area contributed by atoms with Crippen LogP contribution in [0.5, 0.6) is 0 Å². The second-order valence-corrected chi connectivity index (χ2v) is 4.78. The second-order valence-electron chi connectivity index (χ2n) is 4.78. The maximum absolute atomic E-state index is 13.5. The maximum atomic E-state index is 13.5. The average molecular weight is 300 g/mol. The molecule has 0 aliphatic carbocycles. The van der Waals surface area contributed by atoms with Crippen LogP contribution in [0.15, 0.2) is 54.6 Å². The van der Waals surface area contributed by atoms with Crippen LogP contribution in [-0.2, 0) is 9.59 Å². The van der Waals surface area contributed by atoms with Gasteiger partial charge in [0.15, 0.2) is 0 Å². The van der Waals surface area contributed by atoms with Crippen LogP contribution in [0.3, 0.4) is 0 Å². The van der Waals surface area contributed by atoms with Crippen LogP contribution >= 0.6 is 0 Å². The molecule has 0 fully saturated rings. The van der Waals surface area contributed by atoms with Gasteiger partial charge in [0.1, 0.15) is 5.82 Å². The standard InChI is InChI=1S/C17H17FN2O2/c1-13(21)20(14-7-3-2-4-8-14)12-11-17(22)19-16-10-6-5-9-15(16)18/h2-10H,11-12H2,1H3,(H,19,22). The smallest absolute Gasteiger partial charge is 0.226 e. The quantitative estimate of drug-likeness (QED) is 0.921. The minimum atomic E-state index is -0.484. The number of hydrogen-bond donors (Lipinski definition) is 1. The van der Waals surface area contributed by atoms with Gasteiger partial charge in [-0.1, -0.05) is 30.3 Å². The maximum Gasteiger partial charge on any atom is 0.226 e. The molecule has 1 N–H and O–H groups in total. The summed E-state index contributed by atoms with van der Waals surface area (Å²) >= 11 is 0. The highest BCUT2D eigenvalue weighted by atomic mass is 19.1. The molecule has 0 aliphatic rings. The van der Waals surface area contributed by atoms with E-state index in [1.807, 2.05) is 18.2 Å². The predicted octanol–water partition coefficient (Wildman–Crippen LogP) is 3.21. The van der Waals surface area contributed by atoms with Gasteiger partial charge < -0.3 is 10.2 Å². The van der Waals surface area contributed by atoms with Gasteiger partial charge in [0.05, 0.1) is 5.69 Å². The highest BCUT2D eigenvalue weighted by Crippen LogP contribution is 2.15. The Bertz CT molecular complexity index is 659. The Balaban J connectivity index is 1.97. The third kappa shape index (κ3) is 4.15. The third-order valence-corrected chi connectivity index (χ3v) is 3.16. The van der Waals surface area contributed by atoms with Gasteiger partial charge in [-0.15, -0.1) is 0 Å². The minimum Gasteiger partial charge on any atom is -0.324 e. The Kier molecular flexibility index (Phi) is 5.25. The molecule has 2 rings (SSSR count). The Morgan fingerprint density at radius 2 is 1.68 bits per heavy atom. The highest BCUT2D eigenvalue weighted by Gasteiger charge is 2.13. The van der Waals surface area contributed by atoms with E-state index in [0.29, 0.717) is 0 Å². The van der Waals surface area contributed by atoms with Crippen molar-refractivity contribution in [3.05, 3.63) is 60.4 Å². The number of nitrogens with one attached hydrogen (secondary N) is 1. The van der Waals surface area contributed by atoms with Crippen molar-refractivity contribution in [2.45, 2.75) is 13.3 Å². The lowest BCUT2D eigenvalue weighted by Gasteiger charge is -2.20. The molecular formula is C17H17FN2O2. The topological polar surface area (TPSA) is 49.4 Å². The van der Waals surface area contributed by atoms with Crippen LogP contribution in [0, 0.1) is 5.82 Å². The molecule has 0 saturated carbocycles. The third-order valence-electron chi connectivity index (χ3n) is 3.16. The summed E-state index contributed by atoms with van der Waals surface area (Å²) in [6, 6.07) is 15.1. The van der Waals surface area contributed by atoms with Crippen molar-refractivity contribution < 1.29 is 14.0 Å². The molecule has 0 radical (unpaired) electrons. The number of rotatable bonds is 5. The number of benzene rings is 2. The SMILES string of the molecule is CC(=O)N(CCC(=O)Nc1ccccc1F)c1ccccc1. The summed E-state index contributed by atoms with van der Waals surface area (Å²) in [5.74, 6) is -0.973. The Morgan fingerprint density at radius 1 is 1.05 bits per heavy atom. The molecule has 114 valence electrons. The molecule has 0 atom stereocenters. The summed E-state index contributed by atoms with van der Waals surface area (Å²) in [7, 11) is 0. The Morgan fingerprint density at radius 3 is 2.32 bits per heavy atom. The van der Waals surface area contributed by atoms with Crippen LogP contribution in [0.4, 0.5) is 15.8 Å². The molecular weight excluding hydrogens is 283 g/mol. The van der Waals surface area contributed by atoms with Crippen molar-refractivity contribution in [1.82, 2.24) is 0 Å². The summed E-state index contributed by atoms with van der Waals surface area (Å²) in [4.78, 5) is 25.1. The monoisotopic (exact) mass is 300 g/mol. The fraction of sp³-hybridized carbons (Fsp3) is 0.176. The van der Waals surface area contributed by atoms with Gasteiger partial charge in [0, 0.05) is 25.6 Å². The molecule has 0 heterocycles. The molecule has 0 aliphatic heterocycles. The molecule has 5 heteroatoms. The Hall–Kier alpha value is -2.69.